The lowest BCUT2D eigenvalue weighted by atomic mass is 10.1. The Labute approximate surface area is 194 Å². The number of benzene rings is 1. The Hall–Kier alpha value is -3.19. The van der Waals surface area contributed by atoms with Gasteiger partial charge in [-0.3, -0.25) is 14.4 Å². The molecular formula is C21H30F3N5O5. The van der Waals surface area contributed by atoms with E-state index in [0.717, 1.165) is 12.0 Å². The molecule has 0 bridgehead atoms. The Kier molecular flexibility index (Phi) is 12.0. The van der Waals surface area contributed by atoms with Crippen molar-refractivity contribution >= 4 is 23.7 Å². The number of aliphatic carboxylic acids is 1. The molecule has 1 aromatic carbocycles. The lowest BCUT2D eigenvalue weighted by Gasteiger charge is -2.26. The van der Waals surface area contributed by atoms with Crippen LogP contribution in [0.5, 0.6) is 0 Å². The van der Waals surface area contributed by atoms with Crippen LogP contribution in [0.4, 0.5) is 13.2 Å². The fraction of sp³-hybridized carbons (Fsp3) is 0.524. The van der Waals surface area contributed by atoms with Gasteiger partial charge in [0.25, 0.3) is 0 Å². The number of nitrogens with one attached hydrogen (secondary N) is 2. The van der Waals surface area contributed by atoms with Crippen LogP contribution >= 0.6 is 0 Å². The number of likely N-dealkylation sites (tertiary alicyclic amines) is 1. The first-order valence-corrected chi connectivity index (χ1v) is 10.6. The zero-order chi connectivity index (χ0) is 25.7. The summed E-state index contributed by atoms with van der Waals surface area (Å²) in [4.78, 5) is 47.8. The fourth-order valence-corrected chi connectivity index (χ4v) is 3.22. The molecule has 2 rings (SSSR count). The van der Waals surface area contributed by atoms with Gasteiger partial charge < -0.3 is 32.1 Å². The number of carbonyl (C=O) groups is 4. The highest BCUT2D eigenvalue weighted by atomic mass is 19.4. The minimum Gasteiger partial charge on any atom is -0.475 e. The highest BCUT2D eigenvalue weighted by Crippen LogP contribution is 2.18. The molecule has 2 atom stereocenters. The van der Waals surface area contributed by atoms with E-state index >= 15 is 0 Å². The van der Waals surface area contributed by atoms with Crippen LogP contribution in [0.15, 0.2) is 30.3 Å². The number of halogens is 3. The maximum absolute atomic E-state index is 12.7. The second-order valence-electron chi connectivity index (χ2n) is 7.43. The quantitative estimate of drug-likeness (QED) is 0.328. The van der Waals surface area contributed by atoms with Crippen LogP contribution in [-0.4, -0.2) is 71.6 Å². The third-order valence-corrected chi connectivity index (χ3v) is 4.87. The van der Waals surface area contributed by atoms with Gasteiger partial charge >= 0.3 is 12.1 Å². The Morgan fingerprint density at radius 2 is 1.74 bits per heavy atom. The molecule has 13 heteroatoms. The van der Waals surface area contributed by atoms with Gasteiger partial charge in [-0.05, 0) is 31.4 Å². The first-order valence-electron chi connectivity index (χ1n) is 10.6. The summed E-state index contributed by atoms with van der Waals surface area (Å²) < 4.78 is 31.7. The molecule has 10 nitrogen and oxygen atoms in total. The van der Waals surface area contributed by atoms with Crippen LogP contribution in [0, 0.1) is 0 Å². The van der Waals surface area contributed by atoms with E-state index in [9.17, 15) is 27.6 Å². The number of hydrogen-bond donors (Lipinski definition) is 5. The number of carbonyl (C=O) groups excluding carboxylic acids is 3. The third-order valence-electron chi connectivity index (χ3n) is 4.87. The molecule has 1 heterocycles. The zero-order valence-corrected chi connectivity index (χ0v) is 18.5. The highest BCUT2D eigenvalue weighted by molar-refractivity contribution is 5.92. The molecule has 0 radical (unpaired) electrons. The number of hydrogen-bond acceptors (Lipinski definition) is 6. The van der Waals surface area contributed by atoms with Crippen molar-refractivity contribution in [1.82, 2.24) is 15.5 Å². The monoisotopic (exact) mass is 489 g/mol. The predicted octanol–water partition coefficient (Wildman–Crippen LogP) is 0.110. The first-order chi connectivity index (χ1) is 16.0. The van der Waals surface area contributed by atoms with Gasteiger partial charge in [-0.2, -0.15) is 13.2 Å². The summed E-state index contributed by atoms with van der Waals surface area (Å²) in [5.41, 5.74) is 12.0. The summed E-state index contributed by atoms with van der Waals surface area (Å²) in [6, 6.07) is 8.25. The number of alkyl halides is 3. The van der Waals surface area contributed by atoms with E-state index in [1.165, 1.54) is 0 Å². The van der Waals surface area contributed by atoms with E-state index in [1.54, 1.807) is 4.90 Å². The number of rotatable bonds is 9. The summed E-state index contributed by atoms with van der Waals surface area (Å²) in [5.74, 6) is -3.48. The van der Waals surface area contributed by atoms with Gasteiger partial charge in [-0.15, -0.1) is 0 Å². The Morgan fingerprint density at radius 3 is 2.26 bits per heavy atom. The Morgan fingerprint density at radius 1 is 1.12 bits per heavy atom. The van der Waals surface area contributed by atoms with Crippen molar-refractivity contribution in [2.24, 2.45) is 11.5 Å². The van der Waals surface area contributed by atoms with Crippen molar-refractivity contribution in [2.45, 2.75) is 50.5 Å². The maximum Gasteiger partial charge on any atom is 0.490 e. The predicted molar refractivity (Wildman–Crippen MR) is 116 cm³/mol. The van der Waals surface area contributed by atoms with Crippen LogP contribution in [0.2, 0.25) is 0 Å². The van der Waals surface area contributed by atoms with Gasteiger partial charge in [0.2, 0.25) is 17.7 Å². The highest BCUT2D eigenvalue weighted by Gasteiger charge is 2.38. The summed E-state index contributed by atoms with van der Waals surface area (Å²) in [7, 11) is 0. The third kappa shape index (κ3) is 9.75. The molecule has 190 valence electrons. The summed E-state index contributed by atoms with van der Waals surface area (Å²) >= 11 is 0. The molecule has 1 saturated heterocycles. The summed E-state index contributed by atoms with van der Waals surface area (Å²) in [5, 5.41) is 12.7. The molecule has 1 aliphatic heterocycles. The average molecular weight is 489 g/mol. The van der Waals surface area contributed by atoms with Crippen LogP contribution in [0.1, 0.15) is 31.2 Å². The van der Waals surface area contributed by atoms with Gasteiger partial charge in [0.15, 0.2) is 0 Å². The zero-order valence-electron chi connectivity index (χ0n) is 18.5. The molecule has 0 aliphatic carbocycles. The number of carboxylic acids is 1. The molecular weight excluding hydrogens is 459 g/mol. The van der Waals surface area contributed by atoms with Crippen LogP contribution in [0.3, 0.4) is 0 Å². The SMILES string of the molecule is NCCC(=O)N1CCC[C@H]1C(=O)N[C@@H](CCN)C(=O)NCc1ccccc1.O=C(O)C(F)(F)F. The fourth-order valence-electron chi connectivity index (χ4n) is 3.22. The summed E-state index contributed by atoms with van der Waals surface area (Å²) in [6.45, 7) is 1.44. The minimum absolute atomic E-state index is 0.126. The van der Waals surface area contributed by atoms with E-state index in [2.05, 4.69) is 10.6 Å². The normalized spacial score (nSPS) is 16.1. The Bertz CT molecular complexity index is 823. The van der Waals surface area contributed by atoms with Crippen molar-refractivity contribution in [1.29, 1.82) is 0 Å². The average Bonchev–Trinajstić information content (AvgIpc) is 3.28. The van der Waals surface area contributed by atoms with E-state index in [1.807, 2.05) is 30.3 Å². The smallest absolute Gasteiger partial charge is 0.475 e. The molecule has 0 saturated carbocycles. The molecule has 0 aromatic heterocycles. The topological polar surface area (TPSA) is 168 Å². The van der Waals surface area contributed by atoms with Crippen molar-refractivity contribution < 1.29 is 37.5 Å². The van der Waals surface area contributed by atoms with Gasteiger partial charge in [0.05, 0.1) is 0 Å². The van der Waals surface area contributed by atoms with Crippen LogP contribution in [-0.2, 0) is 25.7 Å². The lowest BCUT2D eigenvalue weighted by molar-refractivity contribution is -0.192. The molecule has 3 amide bonds. The minimum atomic E-state index is -5.08. The van der Waals surface area contributed by atoms with Crippen molar-refractivity contribution in [3.05, 3.63) is 35.9 Å². The summed E-state index contributed by atoms with van der Waals surface area (Å²) in [6.07, 6.45) is -3.19. The van der Waals surface area contributed by atoms with Crippen LogP contribution < -0.4 is 22.1 Å². The molecule has 7 N–H and O–H groups in total. The molecule has 34 heavy (non-hydrogen) atoms. The van der Waals surface area contributed by atoms with Crippen LogP contribution in [0.25, 0.3) is 0 Å². The van der Waals surface area contributed by atoms with Crippen molar-refractivity contribution in [2.75, 3.05) is 19.6 Å². The molecule has 1 aliphatic rings. The van der Waals surface area contributed by atoms with Crippen molar-refractivity contribution in [3.63, 3.8) is 0 Å². The van der Waals surface area contributed by atoms with Crippen molar-refractivity contribution in [3.8, 4) is 0 Å². The Balaban J connectivity index is 0.000000718. The largest absolute Gasteiger partial charge is 0.490 e. The van der Waals surface area contributed by atoms with E-state index in [4.69, 9.17) is 21.4 Å². The molecule has 1 fully saturated rings. The standard InChI is InChI=1S/C19H29N5O3.C2HF3O2/c20-10-8-15(18(26)22-13-14-5-2-1-3-6-14)23-19(27)16-7-4-12-24(16)17(25)9-11-21;3-2(4,5)1(6)7/h1-3,5-6,15-16H,4,7-13,20-21H2,(H,22,26)(H,23,27);(H,6,7)/t15-,16-;/m0./s1. The number of nitrogens with two attached hydrogens (primary N) is 2. The molecule has 1 aromatic rings. The van der Waals surface area contributed by atoms with Gasteiger partial charge in [-0.25, -0.2) is 4.79 Å². The molecule has 0 unspecified atom stereocenters. The van der Waals surface area contributed by atoms with Gasteiger partial charge in [-0.1, -0.05) is 30.3 Å². The van der Waals surface area contributed by atoms with E-state index in [-0.39, 0.29) is 37.2 Å². The number of nitrogens with zero attached hydrogens (tertiary/aromatic N) is 1. The number of amides is 3. The molecule has 0 spiro atoms. The van der Waals surface area contributed by atoms with Gasteiger partial charge in [0, 0.05) is 26.1 Å². The van der Waals surface area contributed by atoms with E-state index < -0.39 is 24.2 Å². The second-order valence-corrected chi connectivity index (χ2v) is 7.43. The van der Waals surface area contributed by atoms with Gasteiger partial charge in [0.1, 0.15) is 12.1 Å². The maximum atomic E-state index is 12.7. The second kappa shape index (κ2) is 14.2. The number of carboxylic acid groups (broad SMARTS) is 1. The van der Waals surface area contributed by atoms with E-state index in [0.29, 0.717) is 25.9 Å². The lowest BCUT2D eigenvalue weighted by Crippen LogP contribution is -2.53. The first kappa shape index (κ1) is 28.8.